The average molecular weight is 388 g/mol. The first-order valence-electron chi connectivity index (χ1n) is 8.43. The Hall–Kier alpha value is -3.22. The van der Waals surface area contributed by atoms with Crippen molar-refractivity contribution in [2.24, 2.45) is 0 Å². The highest BCUT2D eigenvalue weighted by atomic mass is 19.4. The summed E-state index contributed by atoms with van der Waals surface area (Å²) < 4.78 is 52.3. The lowest BCUT2D eigenvalue weighted by molar-refractivity contribution is -0.137. The molecule has 1 N–H and O–H groups in total. The minimum absolute atomic E-state index is 0.120. The van der Waals surface area contributed by atoms with E-state index >= 15 is 0 Å². The van der Waals surface area contributed by atoms with E-state index < -0.39 is 29.5 Å². The monoisotopic (exact) mass is 388 g/mol. The van der Waals surface area contributed by atoms with E-state index in [0.29, 0.717) is 16.7 Å². The highest BCUT2D eigenvalue weighted by Crippen LogP contribution is 2.30. The molecule has 0 spiro atoms. The standard InChI is InChI=1S/C21H16F4N2O/c1-13(14-2-5-17(6-3-14)21(23,24)25)27-20(28)16-4-7-18(19(22)12-16)15-8-10-26-11-9-15/h2-13H,1H3,(H,27,28). The van der Waals surface area contributed by atoms with Crippen molar-refractivity contribution in [3.8, 4) is 11.1 Å². The van der Waals surface area contributed by atoms with Gasteiger partial charge in [0.25, 0.3) is 5.91 Å². The molecule has 3 rings (SSSR count). The summed E-state index contributed by atoms with van der Waals surface area (Å²) in [5.41, 5.74) is 0.847. The van der Waals surface area contributed by atoms with Crippen molar-refractivity contribution in [2.75, 3.05) is 0 Å². The molecule has 0 aliphatic carbocycles. The van der Waals surface area contributed by atoms with Crippen LogP contribution in [-0.2, 0) is 6.18 Å². The zero-order valence-corrected chi connectivity index (χ0v) is 14.8. The quantitative estimate of drug-likeness (QED) is 0.609. The Morgan fingerprint density at radius 3 is 2.21 bits per heavy atom. The van der Waals surface area contributed by atoms with Gasteiger partial charge >= 0.3 is 6.18 Å². The summed E-state index contributed by atoms with van der Waals surface area (Å²) >= 11 is 0. The zero-order valence-electron chi connectivity index (χ0n) is 14.8. The average Bonchev–Trinajstić information content (AvgIpc) is 2.68. The number of carbonyl (C=O) groups excluding carboxylic acids is 1. The fraction of sp³-hybridized carbons (Fsp3) is 0.143. The summed E-state index contributed by atoms with van der Waals surface area (Å²) in [5, 5.41) is 2.66. The molecular formula is C21H16F4N2O. The Kier molecular flexibility index (Phi) is 5.44. The molecule has 3 nitrogen and oxygen atoms in total. The summed E-state index contributed by atoms with van der Waals surface area (Å²) in [5.74, 6) is -1.08. The molecule has 1 amide bonds. The van der Waals surface area contributed by atoms with Gasteiger partial charge in [-0.15, -0.1) is 0 Å². The van der Waals surface area contributed by atoms with Crippen LogP contribution in [0.5, 0.6) is 0 Å². The lowest BCUT2D eigenvalue weighted by Gasteiger charge is -2.16. The maximum atomic E-state index is 14.4. The summed E-state index contributed by atoms with van der Waals surface area (Å²) in [6.45, 7) is 1.64. The number of benzene rings is 2. The number of carbonyl (C=O) groups is 1. The minimum Gasteiger partial charge on any atom is -0.346 e. The molecule has 0 aliphatic rings. The highest BCUT2D eigenvalue weighted by Gasteiger charge is 2.30. The fourth-order valence-corrected chi connectivity index (χ4v) is 2.75. The second-order valence-electron chi connectivity index (χ2n) is 6.25. The van der Waals surface area contributed by atoms with Crippen LogP contribution in [0.1, 0.15) is 34.5 Å². The van der Waals surface area contributed by atoms with Crippen molar-refractivity contribution >= 4 is 5.91 Å². The first-order chi connectivity index (χ1) is 13.3. The summed E-state index contributed by atoms with van der Waals surface area (Å²) in [7, 11) is 0. The lowest BCUT2D eigenvalue weighted by atomic mass is 10.0. The molecule has 3 aromatic rings. The van der Waals surface area contributed by atoms with Crippen molar-refractivity contribution < 1.29 is 22.4 Å². The van der Waals surface area contributed by atoms with Gasteiger partial charge in [0.2, 0.25) is 0 Å². The SMILES string of the molecule is CC(NC(=O)c1ccc(-c2ccncc2)c(F)c1)c1ccc(C(F)(F)F)cc1. The molecule has 144 valence electrons. The first kappa shape index (κ1) is 19.5. The largest absolute Gasteiger partial charge is 0.416 e. The van der Waals surface area contributed by atoms with Gasteiger partial charge in [0.15, 0.2) is 0 Å². The Bertz CT molecular complexity index is 970. The van der Waals surface area contributed by atoms with Gasteiger partial charge in [-0.25, -0.2) is 4.39 Å². The number of hydrogen-bond acceptors (Lipinski definition) is 2. The van der Waals surface area contributed by atoms with Crippen LogP contribution in [0.2, 0.25) is 0 Å². The summed E-state index contributed by atoms with van der Waals surface area (Å²) in [6.07, 6.45) is -1.33. The van der Waals surface area contributed by atoms with Gasteiger partial charge in [0.05, 0.1) is 11.6 Å². The Balaban J connectivity index is 1.73. The van der Waals surface area contributed by atoms with Crippen LogP contribution in [0, 0.1) is 5.82 Å². The molecule has 0 bridgehead atoms. The van der Waals surface area contributed by atoms with Gasteiger partial charge in [-0.2, -0.15) is 13.2 Å². The number of hydrogen-bond donors (Lipinski definition) is 1. The number of nitrogens with one attached hydrogen (secondary N) is 1. The third-order valence-electron chi connectivity index (χ3n) is 4.31. The Morgan fingerprint density at radius 1 is 1.00 bits per heavy atom. The first-order valence-corrected chi connectivity index (χ1v) is 8.43. The molecule has 0 saturated heterocycles. The molecule has 1 aromatic heterocycles. The molecule has 0 fully saturated rings. The van der Waals surface area contributed by atoms with Gasteiger partial charge in [-0.05, 0) is 54.4 Å². The van der Waals surface area contributed by atoms with Crippen LogP contribution in [0.4, 0.5) is 17.6 Å². The lowest BCUT2D eigenvalue weighted by Crippen LogP contribution is -2.26. The molecule has 1 atom stereocenters. The van der Waals surface area contributed by atoms with E-state index in [-0.39, 0.29) is 5.56 Å². The molecular weight excluding hydrogens is 372 g/mol. The van der Waals surface area contributed by atoms with E-state index in [4.69, 9.17) is 0 Å². The van der Waals surface area contributed by atoms with Crippen LogP contribution < -0.4 is 5.32 Å². The van der Waals surface area contributed by atoms with E-state index in [1.165, 1.54) is 24.3 Å². The van der Waals surface area contributed by atoms with E-state index in [1.54, 1.807) is 31.5 Å². The molecule has 28 heavy (non-hydrogen) atoms. The van der Waals surface area contributed by atoms with Crippen LogP contribution in [0.3, 0.4) is 0 Å². The van der Waals surface area contributed by atoms with Crippen molar-refractivity contribution in [1.29, 1.82) is 0 Å². The van der Waals surface area contributed by atoms with Crippen LogP contribution in [-0.4, -0.2) is 10.9 Å². The number of pyridine rings is 1. The number of rotatable bonds is 4. The van der Waals surface area contributed by atoms with Gasteiger partial charge in [0.1, 0.15) is 5.82 Å². The maximum absolute atomic E-state index is 14.4. The van der Waals surface area contributed by atoms with E-state index in [2.05, 4.69) is 10.3 Å². The molecule has 1 heterocycles. The third-order valence-corrected chi connectivity index (χ3v) is 4.31. The Labute approximate surface area is 159 Å². The number of aromatic nitrogens is 1. The van der Waals surface area contributed by atoms with Crippen LogP contribution in [0.15, 0.2) is 67.0 Å². The van der Waals surface area contributed by atoms with E-state index in [0.717, 1.165) is 18.2 Å². The Morgan fingerprint density at radius 2 is 1.64 bits per heavy atom. The molecule has 7 heteroatoms. The van der Waals surface area contributed by atoms with Crippen molar-refractivity contribution in [3.05, 3.63) is 89.5 Å². The normalized spacial score (nSPS) is 12.5. The smallest absolute Gasteiger partial charge is 0.346 e. The molecule has 0 aliphatic heterocycles. The van der Waals surface area contributed by atoms with Crippen LogP contribution >= 0.6 is 0 Å². The zero-order chi connectivity index (χ0) is 20.3. The molecule has 2 aromatic carbocycles. The predicted molar refractivity (Wildman–Crippen MR) is 97.0 cm³/mol. The molecule has 1 unspecified atom stereocenters. The summed E-state index contributed by atoms with van der Waals surface area (Å²) in [6, 6.07) is 11.4. The third kappa shape index (κ3) is 4.36. The number of amides is 1. The van der Waals surface area contributed by atoms with Gasteiger partial charge in [-0.3, -0.25) is 9.78 Å². The number of alkyl halides is 3. The molecule has 0 saturated carbocycles. The predicted octanol–water partition coefficient (Wildman–Crippen LogP) is 5.40. The molecule has 0 radical (unpaired) electrons. The maximum Gasteiger partial charge on any atom is 0.416 e. The summed E-state index contributed by atoms with van der Waals surface area (Å²) in [4.78, 5) is 16.3. The van der Waals surface area contributed by atoms with Crippen molar-refractivity contribution in [1.82, 2.24) is 10.3 Å². The van der Waals surface area contributed by atoms with E-state index in [9.17, 15) is 22.4 Å². The van der Waals surface area contributed by atoms with Crippen LogP contribution in [0.25, 0.3) is 11.1 Å². The number of halogens is 4. The van der Waals surface area contributed by atoms with Gasteiger partial charge in [0, 0.05) is 23.5 Å². The second-order valence-corrected chi connectivity index (χ2v) is 6.25. The van der Waals surface area contributed by atoms with Crippen molar-refractivity contribution in [3.63, 3.8) is 0 Å². The highest BCUT2D eigenvalue weighted by molar-refractivity contribution is 5.95. The topological polar surface area (TPSA) is 42.0 Å². The second kappa shape index (κ2) is 7.80. The van der Waals surface area contributed by atoms with Gasteiger partial charge in [-0.1, -0.05) is 18.2 Å². The van der Waals surface area contributed by atoms with Gasteiger partial charge < -0.3 is 5.32 Å². The van der Waals surface area contributed by atoms with Crippen molar-refractivity contribution in [2.45, 2.75) is 19.1 Å². The minimum atomic E-state index is -4.42. The fourth-order valence-electron chi connectivity index (χ4n) is 2.75. The van der Waals surface area contributed by atoms with E-state index in [1.807, 2.05) is 0 Å². The number of nitrogens with zero attached hydrogens (tertiary/aromatic N) is 1.